The molecule has 0 radical (unpaired) electrons. The molecule has 2 heterocycles. The van der Waals surface area contributed by atoms with Gasteiger partial charge in [0.25, 0.3) is 0 Å². The van der Waals surface area contributed by atoms with Crippen molar-refractivity contribution in [2.45, 2.75) is 19.8 Å². The minimum atomic E-state index is 0.392. The number of hydrogen-bond donors (Lipinski definition) is 1. The van der Waals surface area contributed by atoms with Crippen LogP contribution in [0.5, 0.6) is 0 Å². The van der Waals surface area contributed by atoms with Crippen LogP contribution < -0.4 is 10.6 Å². The molecule has 1 atom stereocenters. The Morgan fingerprint density at radius 2 is 2.44 bits per heavy atom. The molecule has 1 fully saturated rings. The molecule has 0 saturated carbocycles. The fraction of sp³-hybridized carbons (Fsp3) is 0.545. The van der Waals surface area contributed by atoms with E-state index in [1.54, 1.807) is 6.20 Å². The minimum Gasteiger partial charge on any atom is -0.389 e. The Bertz CT molecular complexity index is 393. The minimum absolute atomic E-state index is 0.392. The van der Waals surface area contributed by atoms with Crippen LogP contribution in [-0.2, 0) is 0 Å². The molecule has 2 N–H and O–H groups in total. The smallest absolute Gasteiger partial charge is 0.161 e. The molecule has 1 aromatic heterocycles. The van der Waals surface area contributed by atoms with Crippen LogP contribution in [0.15, 0.2) is 12.3 Å². The summed E-state index contributed by atoms with van der Waals surface area (Å²) >= 11 is 5.03. The fourth-order valence-corrected chi connectivity index (χ4v) is 2.29. The van der Waals surface area contributed by atoms with Gasteiger partial charge in [0.05, 0.1) is 11.8 Å². The topological polar surface area (TPSA) is 55.0 Å². The zero-order valence-corrected chi connectivity index (χ0v) is 10.2. The molecule has 0 aromatic carbocycles. The Kier molecular flexibility index (Phi) is 3.33. The largest absolute Gasteiger partial charge is 0.389 e. The third kappa shape index (κ3) is 2.29. The molecule has 5 heteroatoms. The highest BCUT2D eigenvalue weighted by Crippen LogP contribution is 2.23. The normalized spacial score (nSPS) is 20.8. The van der Waals surface area contributed by atoms with Crippen LogP contribution in [-0.4, -0.2) is 28.3 Å². The molecule has 1 aliphatic heterocycles. The van der Waals surface area contributed by atoms with Crippen molar-refractivity contribution in [2.24, 2.45) is 11.7 Å². The predicted molar refractivity (Wildman–Crippen MR) is 68.5 cm³/mol. The SMILES string of the molecule is CC1CCCN(c2nnccc2C(N)=S)C1. The summed E-state index contributed by atoms with van der Waals surface area (Å²) in [6.45, 7) is 4.27. The molecule has 1 unspecified atom stereocenters. The highest BCUT2D eigenvalue weighted by molar-refractivity contribution is 7.80. The second-order valence-electron chi connectivity index (χ2n) is 4.33. The summed E-state index contributed by atoms with van der Waals surface area (Å²) in [4.78, 5) is 2.62. The molecule has 2 rings (SSSR count). The van der Waals surface area contributed by atoms with Crippen molar-refractivity contribution >= 4 is 23.0 Å². The van der Waals surface area contributed by atoms with Crippen LogP contribution in [0.3, 0.4) is 0 Å². The van der Waals surface area contributed by atoms with Crippen molar-refractivity contribution in [3.8, 4) is 0 Å². The molecule has 1 saturated heterocycles. The van der Waals surface area contributed by atoms with E-state index in [4.69, 9.17) is 18.0 Å². The van der Waals surface area contributed by atoms with Crippen LogP contribution in [0.2, 0.25) is 0 Å². The second kappa shape index (κ2) is 4.74. The van der Waals surface area contributed by atoms with E-state index in [0.717, 1.165) is 24.5 Å². The zero-order chi connectivity index (χ0) is 11.5. The van der Waals surface area contributed by atoms with Gasteiger partial charge in [0, 0.05) is 13.1 Å². The predicted octanol–water partition coefficient (Wildman–Crippen LogP) is 1.35. The van der Waals surface area contributed by atoms with E-state index in [9.17, 15) is 0 Å². The van der Waals surface area contributed by atoms with Gasteiger partial charge in [-0.2, -0.15) is 5.10 Å². The van der Waals surface area contributed by atoms with Crippen molar-refractivity contribution in [3.63, 3.8) is 0 Å². The molecule has 0 amide bonds. The maximum absolute atomic E-state index is 5.69. The quantitative estimate of drug-likeness (QED) is 0.785. The van der Waals surface area contributed by atoms with Crippen molar-refractivity contribution in [2.75, 3.05) is 18.0 Å². The van der Waals surface area contributed by atoms with E-state index in [1.807, 2.05) is 6.07 Å². The van der Waals surface area contributed by atoms with Gasteiger partial charge in [-0.1, -0.05) is 19.1 Å². The number of nitrogens with zero attached hydrogens (tertiary/aromatic N) is 3. The molecule has 16 heavy (non-hydrogen) atoms. The number of nitrogens with two attached hydrogens (primary N) is 1. The molecular formula is C11H16N4S. The first-order valence-corrected chi connectivity index (χ1v) is 5.95. The lowest BCUT2D eigenvalue weighted by molar-refractivity contribution is 0.443. The Morgan fingerprint density at radius 1 is 1.62 bits per heavy atom. The summed E-state index contributed by atoms with van der Waals surface area (Å²) in [7, 11) is 0. The zero-order valence-electron chi connectivity index (χ0n) is 9.39. The van der Waals surface area contributed by atoms with E-state index in [-0.39, 0.29) is 0 Å². The van der Waals surface area contributed by atoms with E-state index in [0.29, 0.717) is 10.9 Å². The molecule has 1 aliphatic rings. The van der Waals surface area contributed by atoms with E-state index >= 15 is 0 Å². The van der Waals surface area contributed by atoms with Gasteiger partial charge in [-0.15, -0.1) is 5.10 Å². The average molecular weight is 236 g/mol. The van der Waals surface area contributed by atoms with Gasteiger partial charge in [-0.25, -0.2) is 0 Å². The first kappa shape index (κ1) is 11.3. The maximum atomic E-state index is 5.69. The van der Waals surface area contributed by atoms with E-state index < -0.39 is 0 Å². The third-order valence-electron chi connectivity index (χ3n) is 2.92. The number of hydrogen-bond acceptors (Lipinski definition) is 4. The van der Waals surface area contributed by atoms with Gasteiger partial charge in [-0.05, 0) is 24.8 Å². The van der Waals surface area contributed by atoms with E-state index in [2.05, 4.69) is 22.0 Å². The van der Waals surface area contributed by atoms with Crippen LogP contribution in [0, 0.1) is 5.92 Å². The lowest BCUT2D eigenvalue weighted by atomic mass is 10.00. The molecule has 4 nitrogen and oxygen atoms in total. The van der Waals surface area contributed by atoms with Crippen molar-refractivity contribution in [3.05, 3.63) is 17.8 Å². The molecule has 1 aromatic rings. The first-order chi connectivity index (χ1) is 7.68. The van der Waals surface area contributed by atoms with E-state index in [1.165, 1.54) is 12.8 Å². The van der Waals surface area contributed by atoms with Crippen LogP contribution in [0.1, 0.15) is 25.3 Å². The number of aromatic nitrogens is 2. The van der Waals surface area contributed by atoms with Crippen LogP contribution in [0.25, 0.3) is 0 Å². The summed E-state index contributed by atoms with van der Waals surface area (Å²) in [6, 6.07) is 1.84. The fourth-order valence-electron chi connectivity index (χ4n) is 2.13. The summed E-state index contributed by atoms with van der Waals surface area (Å²) in [5, 5.41) is 8.09. The average Bonchev–Trinajstić information content (AvgIpc) is 2.29. The van der Waals surface area contributed by atoms with Gasteiger partial charge in [0.1, 0.15) is 4.99 Å². The van der Waals surface area contributed by atoms with Gasteiger partial charge < -0.3 is 10.6 Å². The van der Waals surface area contributed by atoms with Crippen molar-refractivity contribution in [1.29, 1.82) is 0 Å². The standard InChI is InChI=1S/C11H16N4S/c1-8-3-2-6-15(7-8)11-9(10(12)16)4-5-13-14-11/h4-5,8H,2-3,6-7H2,1H3,(H2,12,16). The van der Waals surface area contributed by atoms with Gasteiger partial charge in [0.2, 0.25) is 0 Å². The first-order valence-electron chi connectivity index (χ1n) is 5.55. The Balaban J connectivity index is 2.28. The second-order valence-corrected chi connectivity index (χ2v) is 4.77. The van der Waals surface area contributed by atoms with Crippen LogP contribution >= 0.6 is 12.2 Å². The van der Waals surface area contributed by atoms with Gasteiger partial charge in [0.15, 0.2) is 5.82 Å². The number of thiocarbonyl (C=S) groups is 1. The Labute approximate surface area is 101 Å². The summed E-state index contributed by atoms with van der Waals surface area (Å²) in [5.41, 5.74) is 6.53. The highest BCUT2D eigenvalue weighted by atomic mass is 32.1. The highest BCUT2D eigenvalue weighted by Gasteiger charge is 2.20. The monoisotopic (exact) mass is 236 g/mol. The van der Waals surface area contributed by atoms with Crippen molar-refractivity contribution in [1.82, 2.24) is 10.2 Å². The summed E-state index contributed by atoms with van der Waals surface area (Å²) in [6.07, 6.45) is 4.10. The third-order valence-corrected chi connectivity index (χ3v) is 3.14. The lowest BCUT2D eigenvalue weighted by Crippen LogP contribution is -2.36. The van der Waals surface area contributed by atoms with Gasteiger partial charge in [-0.3, -0.25) is 0 Å². The Hall–Kier alpha value is -1.23. The summed E-state index contributed by atoms with van der Waals surface area (Å²) < 4.78 is 0. The molecular weight excluding hydrogens is 220 g/mol. The van der Waals surface area contributed by atoms with Gasteiger partial charge >= 0.3 is 0 Å². The number of piperidine rings is 1. The summed E-state index contributed by atoms with van der Waals surface area (Å²) in [5.74, 6) is 1.52. The molecule has 86 valence electrons. The Morgan fingerprint density at radius 3 is 3.12 bits per heavy atom. The van der Waals surface area contributed by atoms with Crippen LogP contribution in [0.4, 0.5) is 5.82 Å². The van der Waals surface area contributed by atoms with Crippen molar-refractivity contribution < 1.29 is 0 Å². The number of rotatable bonds is 2. The maximum Gasteiger partial charge on any atom is 0.161 e. The number of anilines is 1. The lowest BCUT2D eigenvalue weighted by Gasteiger charge is -2.32. The molecule has 0 bridgehead atoms. The molecule has 0 spiro atoms. The molecule has 0 aliphatic carbocycles.